The number of nitrogens with two attached hydrogens (primary N) is 5. The van der Waals surface area contributed by atoms with E-state index in [4.69, 9.17) is 28.7 Å². The van der Waals surface area contributed by atoms with E-state index in [0.717, 1.165) is 0 Å². The van der Waals surface area contributed by atoms with Crippen molar-refractivity contribution in [2.75, 3.05) is 39.3 Å². The zero-order valence-corrected chi connectivity index (χ0v) is 38.2. The maximum absolute atomic E-state index is 14.1. The second-order valence-electron chi connectivity index (χ2n) is 17.1. The van der Waals surface area contributed by atoms with Gasteiger partial charge in [0.2, 0.25) is 41.4 Å². The summed E-state index contributed by atoms with van der Waals surface area (Å²) in [5.41, 5.74) is 28.5. The monoisotopic (exact) mass is 927 g/mol. The van der Waals surface area contributed by atoms with Crippen molar-refractivity contribution in [1.82, 2.24) is 36.4 Å². The summed E-state index contributed by atoms with van der Waals surface area (Å²) in [6, 6.07) is -9.65. The minimum atomic E-state index is -1.61. The first kappa shape index (κ1) is 56.6. The number of carbonyl (C=O) groups is 8. The van der Waals surface area contributed by atoms with Gasteiger partial charge in [0.25, 0.3) is 0 Å². The molecule has 10 atom stereocenters. The molecular formula is C42H78N12O11. The summed E-state index contributed by atoms with van der Waals surface area (Å²) in [5.74, 6) is -6.15. The van der Waals surface area contributed by atoms with E-state index in [0.29, 0.717) is 83.8 Å². The Hall–Kier alpha value is -4.52. The van der Waals surface area contributed by atoms with Crippen LogP contribution in [0.4, 0.5) is 0 Å². The van der Waals surface area contributed by atoms with Gasteiger partial charge >= 0.3 is 5.97 Å². The van der Waals surface area contributed by atoms with E-state index in [-0.39, 0.29) is 58.2 Å². The standard InChI is InChI=1S/C42H78N12O11/c1-25(55)33(47)38(60)49-28(14-4-8-20-44)40(62)53-23-11-17-31(53)36(58)48-27(13-3-7-19-43)35(57)52-34(26(2)56)39(61)50-29(15-5-9-21-45)41(63)54-24-12-18-32(54)37(59)51-30(42(64)65)16-6-10-22-46/h25-34,55-56H,3-24,43-47H2,1-2H3,(H,48,58)(H,49,60)(H,50,61)(H,51,59)(H,52,57)(H,64,65)/t25-,26-,27+,28+,29+,30+,31+,32+,33+,34+/m1/s1. The highest BCUT2D eigenvalue weighted by Gasteiger charge is 2.42. The summed E-state index contributed by atoms with van der Waals surface area (Å²) < 4.78 is 0. The maximum Gasteiger partial charge on any atom is 0.326 e. The molecule has 65 heavy (non-hydrogen) atoms. The van der Waals surface area contributed by atoms with Crippen LogP contribution in [0.15, 0.2) is 0 Å². The Bertz CT molecular complexity index is 1560. The van der Waals surface area contributed by atoms with Crippen molar-refractivity contribution in [1.29, 1.82) is 0 Å². The molecule has 23 nitrogen and oxygen atoms in total. The van der Waals surface area contributed by atoms with Gasteiger partial charge in [0.05, 0.1) is 12.2 Å². The zero-order valence-electron chi connectivity index (χ0n) is 38.2. The van der Waals surface area contributed by atoms with Crippen molar-refractivity contribution in [2.45, 2.75) is 177 Å². The summed E-state index contributed by atoms with van der Waals surface area (Å²) in [6.45, 7) is 4.26. The van der Waals surface area contributed by atoms with E-state index >= 15 is 0 Å². The molecule has 0 aromatic rings. The fraction of sp³-hybridized carbons (Fsp3) is 0.810. The summed E-state index contributed by atoms with van der Waals surface area (Å²) in [5, 5.41) is 43.5. The molecule has 2 saturated heterocycles. The number of rotatable bonds is 31. The second kappa shape index (κ2) is 29.9. The fourth-order valence-corrected chi connectivity index (χ4v) is 7.96. The summed E-state index contributed by atoms with van der Waals surface area (Å²) >= 11 is 0. The Morgan fingerprint density at radius 1 is 0.523 bits per heavy atom. The molecule has 23 heteroatoms. The van der Waals surface area contributed by atoms with Gasteiger partial charge in [-0.15, -0.1) is 0 Å². The Morgan fingerprint density at radius 3 is 1.29 bits per heavy atom. The normalized spacial score (nSPS) is 19.8. The Kier molecular flexibility index (Phi) is 26.0. The number of aliphatic carboxylic acids is 1. The maximum atomic E-state index is 14.1. The largest absolute Gasteiger partial charge is 0.480 e. The lowest BCUT2D eigenvalue weighted by Crippen LogP contribution is -2.61. The molecule has 7 amide bonds. The van der Waals surface area contributed by atoms with Crippen molar-refractivity contribution >= 4 is 47.3 Å². The highest BCUT2D eigenvalue weighted by Crippen LogP contribution is 2.22. The number of nitrogens with zero attached hydrogens (tertiary/aromatic N) is 2. The van der Waals surface area contributed by atoms with E-state index in [1.54, 1.807) is 0 Å². The highest BCUT2D eigenvalue weighted by atomic mass is 16.4. The SMILES string of the molecule is C[C@@H](O)[C@H](N)C(=O)N[C@@H](CCCCN)C(=O)N1CCC[C@H]1C(=O)N[C@@H](CCCCN)C(=O)N[C@H](C(=O)N[C@@H](CCCCN)C(=O)N1CCC[C@H]1C(=O)N[C@@H](CCCCN)C(=O)O)[C@@H](C)O. The van der Waals surface area contributed by atoms with Crippen LogP contribution in [0, 0.1) is 0 Å². The van der Waals surface area contributed by atoms with Gasteiger partial charge in [-0.2, -0.15) is 0 Å². The molecule has 0 spiro atoms. The van der Waals surface area contributed by atoms with E-state index in [1.165, 1.54) is 23.6 Å². The predicted octanol–water partition coefficient (Wildman–Crippen LogP) is -3.92. The minimum Gasteiger partial charge on any atom is -0.480 e. The van der Waals surface area contributed by atoms with Crippen molar-refractivity contribution in [3.05, 3.63) is 0 Å². The number of carboxylic acids is 1. The molecule has 2 rings (SSSR count). The summed E-state index contributed by atoms with van der Waals surface area (Å²) in [7, 11) is 0. The molecule has 372 valence electrons. The van der Waals surface area contributed by atoms with Crippen molar-refractivity contribution in [3.63, 3.8) is 0 Å². The molecular weight excluding hydrogens is 849 g/mol. The van der Waals surface area contributed by atoms with Crippen LogP contribution in [0.2, 0.25) is 0 Å². The lowest BCUT2D eigenvalue weighted by atomic mass is 10.0. The van der Waals surface area contributed by atoms with Crippen LogP contribution in [0.3, 0.4) is 0 Å². The van der Waals surface area contributed by atoms with Crippen LogP contribution in [-0.2, 0) is 38.4 Å². The van der Waals surface area contributed by atoms with Crippen LogP contribution in [-0.4, -0.2) is 172 Å². The van der Waals surface area contributed by atoms with Crippen LogP contribution < -0.4 is 55.3 Å². The van der Waals surface area contributed by atoms with Gasteiger partial charge in [-0.3, -0.25) is 33.6 Å². The molecule has 2 heterocycles. The van der Waals surface area contributed by atoms with Gasteiger partial charge in [-0.25, -0.2) is 4.79 Å². The van der Waals surface area contributed by atoms with Gasteiger partial charge in [-0.05, 0) is 143 Å². The zero-order chi connectivity index (χ0) is 48.6. The Morgan fingerprint density at radius 2 is 0.908 bits per heavy atom. The topological polar surface area (TPSA) is 394 Å². The molecule has 2 aliphatic rings. The van der Waals surface area contributed by atoms with E-state index < -0.39 is 108 Å². The lowest BCUT2D eigenvalue weighted by Gasteiger charge is -2.32. The van der Waals surface area contributed by atoms with E-state index in [1.807, 2.05) is 0 Å². The average Bonchev–Trinajstić information content (AvgIpc) is 3.97. The van der Waals surface area contributed by atoms with Crippen LogP contribution in [0.5, 0.6) is 0 Å². The number of nitrogens with one attached hydrogen (secondary N) is 5. The van der Waals surface area contributed by atoms with Crippen molar-refractivity contribution < 1.29 is 53.7 Å². The molecule has 2 fully saturated rings. The summed E-state index contributed by atoms with van der Waals surface area (Å²) in [6.07, 6.45) is 3.10. The number of hydrogen-bond acceptors (Lipinski definition) is 15. The molecule has 0 aromatic heterocycles. The quantitative estimate of drug-likeness (QED) is 0.0295. The molecule has 18 N–H and O–H groups in total. The molecule has 0 unspecified atom stereocenters. The first-order chi connectivity index (χ1) is 30.9. The van der Waals surface area contributed by atoms with Crippen molar-refractivity contribution in [3.8, 4) is 0 Å². The number of amides is 7. The van der Waals surface area contributed by atoms with Gasteiger partial charge in [0.1, 0.15) is 48.3 Å². The van der Waals surface area contributed by atoms with Crippen LogP contribution in [0.25, 0.3) is 0 Å². The number of hydrogen-bond donors (Lipinski definition) is 13. The molecule has 0 aromatic carbocycles. The highest BCUT2D eigenvalue weighted by molar-refractivity contribution is 5.98. The minimum absolute atomic E-state index is 0.0763. The first-order valence-corrected chi connectivity index (χ1v) is 23.2. The first-order valence-electron chi connectivity index (χ1n) is 23.2. The van der Waals surface area contributed by atoms with Gasteiger partial charge in [0, 0.05) is 13.1 Å². The number of aliphatic hydroxyl groups excluding tert-OH is 2. The smallest absolute Gasteiger partial charge is 0.326 e. The second-order valence-corrected chi connectivity index (χ2v) is 17.1. The average molecular weight is 927 g/mol. The molecule has 0 bridgehead atoms. The molecule has 0 radical (unpaired) electrons. The van der Waals surface area contributed by atoms with Gasteiger partial charge in [0.15, 0.2) is 0 Å². The fourth-order valence-electron chi connectivity index (χ4n) is 7.96. The van der Waals surface area contributed by atoms with Crippen LogP contribution >= 0.6 is 0 Å². The summed E-state index contributed by atoms with van der Waals surface area (Å²) in [4.78, 5) is 111. The van der Waals surface area contributed by atoms with Gasteiger partial charge < -0.3 is 80.4 Å². The Balaban J connectivity index is 2.29. The van der Waals surface area contributed by atoms with Gasteiger partial charge in [-0.1, -0.05) is 0 Å². The molecule has 0 saturated carbocycles. The van der Waals surface area contributed by atoms with Crippen LogP contribution in [0.1, 0.15) is 117 Å². The molecule has 2 aliphatic heterocycles. The lowest BCUT2D eigenvalue weighted by molar-refractivity contribution is -0.145. The van der Waals surface area contributed by atoms with Crippen molar-refractivity contribution in [2.24, 2.45) is 28.7 Å². The number of likely N-dealkylation sites (tertiary alicyclic amines) is 2. The third-order valence-corrected chi connectivity index (χ3v) is 11.8. The van der Waals surface area contributed by atoms with E-state index in [2.05, 4.69) is 26.6 Å². The molecule has 0 aliphatic carbocycles. The Labute approximate surface area is 381 Å². The van der Waals surface area contributed by atoms with E-state index in [9.17, 15) is 53.7 Å². The number of carbonyl (C=O) groups excluding carboxylic acids is 7. The number of unbranched alkanes of at least 4 members (excludes halogenated alkanes) is 4. The third-order valence-electron chi connectivity index (χ3n) is 11.8. The number of carboxylic acid groups (broad SMARTS) is 1. The third kappa shape index (κ3) is 18.4. The number of aliphatic hydroxyl groups is 2. The predicted molar refractivity (Wildman–Crippen MR) is 240 cm³/mol.